The van der Waals surface area contributed by atoms with E-state index in [0.29, 0.717) is 0 Å². The van der Waals surface area contributed by atoms with E-state index in [1.807, 2.05) is 11.8 Å². The Morgan fingerprint density at radius 1 is 0.857 bits per heavy atom. The standard InChI is InChI=1S/C25H23N2S/c1-3-26-20(15-13-19-10-6-8-12-22(19)26)17-24-27(4-2)25-21-11-7-5-9-18(21)14-16-23(25)28-24/h5-17H,3-4H2,1-2H3/q+1. The van der Waals surface area contributed by atoms with Crippen molar-refractivity contribution in [3.8, 4) is 0 Å². The SMILES string of the molecule is CCN1C(=Cc2ccc3ccccc3[n+]2CC)Sc2ccc3ccccc3c21. The van der Waals surface area contributed by atoms with Crippen LogP contribution >= 0.6 is 11.8 Å². The first-order valence-electron chi connectivity index (χ1n) is 9.90. The summed E-state index contributed by atoms with van der Waals surface area (Å²) in [6.07, 6.45) is 2.35. The number of thioether (sulfide) groups is 1. The summed E-state index contributed by atoms with van der Waals surface area (Å²) in [5.74, 6) is 0. The highest BCUT2D eigenvalue weighted by molar-refractivity contribution is 8.04. The summed E-state index contributed by atoms with van der Waals surface area (Å²) in [7, 11) is 0. The molecule has 0 fully saturated rings. The van der Waals surface area contributed by atoms with Gasteiger partial charge in [0.1, 0.15) is 6.54 Å². The first-order valence-corrected chi connectivity index (χ1v) is 10.7. The van der Waals surface area contributed by atoms with Crippen LogP contribution in [0.2, 0.25) is 0 Å². The summed E-state index contributed by atoms with van der Waals surface area (Å²) >= 11 is 1.88. The number of hydrogen-bond donors (Lipinski definition) is 0. The Morgan fingerprint density at radius 3 is 2.43 bits per heavy atom. The Labute approximate surface area is 170 Å². The summed E-state index contributed by atoms with van der Waals surface area (Å²) in [6.45, 7) is 6.36. The van der Waals surface area contributed by atoms with Gasteiger partial charge in [0, 0.05) is 40.4 Å². The number of pyridine rings is 1. The van der Waals surface area contributed by atoms with E-state index >= 15 is 0 Å². The van der Waals surface area contributed by atoms with Gasteiger partial charge in [-0.2, -0.15) is 4.57 Å². The van der Waals surface area contributed by atoms with E-state index < -0.39 is 0 Å². The molecule has 0 unspecified atom stereocenters. The summed E-state index contributed by atoms with van der Waals surface area (Å²) < 4.78 is 2.40. The topological polar surface area (TPSA) is 7.12 Å². The van der Waals surface area contributed by atoms with Crippen molar-refractivity contribution >= 4 is 45.2 Å². The highest BCUT2D eigenvalue weighted by atomic mass is 32.2. The first-order chi connectivity index (χ1) is 13.8. The van der Waals surface area contributed by atoms with Crippen molar-refractivity contribution in [3.63, 3.8) is 0 Å². The van der Waals surface area contributed by atoms with E-state index in [0.717, 1.165) is 13.1 Å². The second-order valence-electron chi connectivity index (χ2n) is 7.02. The van der Waals surface area contributed by atoms with Crippen LogP contribution in [0.4, 0.5) is 5.69 Å². The molecule has 3 aromatic carbocycles. The van der Waals surface area contributed by atoms with Crippen molar-refractivity contribution in [3.05, 3.63) is 83.5 Å². The highest BCUT2D eigenvalue weighted by Gasteiger charge is 2.27. The summed E-state index contributed by atoms with van der Waals surface area (Å²) in [4.78, 5) is 3.80. The smallest absolute Gasteiger partial charge is 0.212 e. The molecule has 3 heteroatoms. The van der Waals surface area contributed by atoms with Crippen LogP contribution in [0.5, 0.6) is 0 Å². The Morgan fingerprint density at radius 2 is 1.61 bits per heavy atom. The summed E-state index contributed by atoms with van der Waals surface area (Å²) in [6, 6.07) is 26.3. The van der Waals surface area contributed by atoms with Crippen LogP contribution in [0.25, 0.3) is 27.8 Å². The fourth-order valence-corrected chi connectivity index (χ4v) is 5.37. The average Bonchev–Trinajstić information content (AvgIpc) is 3.11. The Hall–Kier alpha value is -2.78. The molecule has 4 aromatic rings. The second-order valence-corrected chi connectivity index (χ2v) is 8.09. The molecular weight excluding hydrogens is 360 g/mol. The van der Waals surface area contributed by atoms with E-state index in [9.17, 15) is 0 Å². The molecule has 1 aliphatic rings. The maximum atomic E-state index is 2.46. The molecule has 28 heavy (non-hydrogen) atoms. The number of para-hydroxylation sites is 1. The molecule has 1 aromatic heterocycles. The van der Waals surface area contributed by atoms with Crippen molar-refractivity contribution in [2.75, 3.05) is 11.4 Å². The van der Waals surface area contributed by atoms with Gasteiger partial charge in [0.05, 0.1) is 10.7 Å². The van der Waals surface area contributed by atoms with Gasteiger partial charge < -0.3 is 4.90 Å². The number of aryl methyl sites for hydroxylation is 1. The molecule has 0 bridgehead atoms. The minimum absolute atomic E-state index is 0.952. The molecule has 0 atom stereocenters. The van der Waals surface area contributed by atoms with Crippen molar-refractivity contribution in [1.29, 1.82) is 0 Å². The Bertz CT molecular complexity index is 1230. The molecule has 0 saturated heterocycles. The molecule has 5 rings (SSSR count). The van der Waals surface area contributed by atoms with E-state index in [2.05, 4.69) is 102 Å². The number of anilines is 1. The van der Waals surface area contributed by atoms with Crippen LogP contribution in [0.1, 0.15) is 19.5 Å². The van der Waals surface area contributed by atoms with Gasteiger partial charge in [-0.3, -0.25) is 0 Å². The summed E-state index contributed by atoms with van der Waals surface area (Å²) in [5, 5.41) is 5.22. The molecule has 138 valence electrons. The van der Waals surface area contributed by atoms with E-state index in [4.69, 9.17) is 0 Å². The monoisotopic (exact) mass is 383 g/mol. The number of aromatic nitrogens is 1. The number of nitrogens with zero attached hydrogens (tertiary/aromatic N) is 2. The van der Waals surface area contributed by atoms with Crippen LogP contribution in [0.15, 0.2) is 82.7 Å². The fraction of sp³-hybridized carbons (Fsp3) is 0.160. The minimum atomic E-state index is 0.952. The normalized spacial score (nSPS) is 14.9. The van der Waals surface area contributed by atoms with Gasteiger partial charge in [-0.1, -0.05) is 54.2 Å². The number of rotatable bonds is 3. The highest BCUT2D eigenvalue weighted by Crippen LogP contribution is 2.49. The first kappa shape index (κ1) is 17.3. The third kappa shape index (κ3) is 2.70. The lowest BCUT2D eigenvalue weighted by Gasteiger charge is -2.19. The zero-order valence-electron chi connectivity index (χ0n) is 16.2. The maximum Gasteiger partial charge on any atom is 0.212 e. The molecule has 0 saturated carbocycles. The van der Waals surface area contributed by atoms with Gasteiger partial charge in [-0.15, -0.1) is 0 Å². The number of hydrogen-bond acceptors (Lipinski definition) is 2. The molecule has 0 amide bonds. The lowest BCUT2D eigenvalue weighted by molar-refractivity contribution is -0.669. The van der Waals surface area contributed by atoms with Crippen molar-refractivity contribution < 1.29 is 4.57 Å². The zero-order chi connectivity index (χ0) is 19.1. The van der Waals surface area contributed by atoms with Gasteiger partial charge in [0.2, 0.25) is 11.2 Å². The van der Waals surface area contributed by atoms with Gasteiger partial charge in [0.25, 0.3) is 0 Å². The predicted octanol–water partition coefficient (Wildman–Crippen LogP) is 6.23. The zero-order valence-corrected chi connectivity index (χ0v) is 17.0. The second kappa shape index (κ2) is 6.99. The Kier molecular flexibility index (Phi) is 4.33. The van der Waals surface area contributed by atoms with Crippen LogP contribution in [-0.4, -0.2) is 6.54 Å². The number of fused-ring (bicyclic) bond motifs is 4. The van der Waals surface area contributed by atoms with Gasteiger partial charge in [-0.05, 0) is 37.4 Å². The molecule has 2 heterocycles. The lowest BCUT2D eigenvalue weighted by atomic mass is 10.1. The molecule has 2 nitrogen and oxygen atoms in total. The molecule has 0 spiro atoms. The average molecular weight is 384 g/mol. The van der Waals surface area contributed by atoms with Crippen LogP contribution in [0.3, 0.4) is 0 Å². The van der Waals surface area contributed by atoms with E-state index in [-0.39, 0.29) is 0 Å². The van der Waals surface area contributed by atoms with Crippen LogP contribution < -0.4 is 9.47 Å². The molecular formula is C25H23N2S+. The number of benzene rings is 3. The van der Waals surface area contributed by atoms with Crippen LogP contribution in [0, 0.1) is 0 Å². The summed E-state index contributed by atoms with van der Waals surface area (Å²) in [5.41, 5.74) is 3.88. The lowest BCUT2D eigenvalue weighted by Crippen LogP contribution is -2.36. The Balaban J connectivity index is 1.67. The maximum absolute atomic E-state index is 2.46. The van der Waals surface area contributed by atoms with Gasteiger partial charge in [0.15, 0.2) is 0 Å². The van der Waals surface area contributed by atoms with Gasteiger partial charge in [-0.25, -0.2) is 0 Å². The van der Waals surface area contributed by atoms with Crippen molar-refractivity contribution in [2.45, 2.75) is 25.3 Å². The molecule has 1 aliphatic heterocycles. The van der Waals surface area contributed by atoms with E-state index in [1.54, 1.807) is 0 Å². The van der Waals surface area contributed by atoms with Crippen molar-refractivity contribution in [2.24, 2.45) is 0 Å². The largest absolute Gasteiger partial charge is 0.335 e. The quantitative estimate of drug-likeness (QED) is 0.387. The molecule has 0 radical (unpaired) electrons. The van der Waals surface area contributed by atoms with Crippen molar-refractivity contribution in [1.82, 2.24) is 0 Å². The molecule has 0 aliphatic carbocycles. The third-order valence-electron chi connectivity index (χ3n) is 5.49. The predicted molar refractivity (Wildman–Crippen MR) is 121 cm³/mol. The van der Waals surface area contributed by atoms with Crippen LogP contribution in [-0.2, 0) is 6.54 Å². The minimum Gasteiger partial charge on any atom is -0.335 e. The third-order valence-corrected chi connectivity index (χ3v) is 6.59. The molecule has 0 N–H and O–H groups in total. The van der Waals surface area contributed by atoms with E-state index in [1.165, 1.54) is 43.0 Å². The fourth-order valence-electron chi connectivity index (χ4n) is 4.18. The van der Waals surface area contributed by atoms with Gasteiger partial charge >= 0.3 is 0 Å².